The minimum absolute atomic E-state index is 0.00452. The summed E-state index contributed by atoms with van der Waals surface area (Å²) < 4.78 is 11.3. The summed E-state index contributed by atoms with van der Waals surface area (Å²) in [6, 6.07) is 13.2. The summed E-state index contributed by atoms with van der Waals surface area (Å²) in [6.07, 6.45) is 0.00452. The predicted octanol–water partition coefficient (Wildman–Crippen LogP) is 4.84. The molecule has 0 aliphatic carbocycles. The van der Waals surface area contributed by atoms with Crippen molar-refractivity contribution in [1.82, 2.24) is 9.91 Å². The Labute approximate surface area is 211 Å². The number of rotatable bonds is 11. The Kier molecular flexibility index (Phi) is 9.56. The summed E-state index contributed by atoms with van der Waals surface area (Å²) in [7, 11) is 1.61. The van der Waals surface area contributed by atoms with E-state index in [2.05, 4.69) is 15.3 Å². The molecular formula is C26H34N4O4S. The van der Waals surface area contributed by atoms with Crippen LogP contribution in [-0.2, 0) is 11.3 Å². The van der Waals surface area contributed by atoms with Gasteiger partial charge in [-0.2, -0.15) is 5.10 Å². The number of thioether (sulfide) groups is 1. The Hall–Kier alpha value is -3.04. The maximum atomic E-state index is 12.5. The van der Waals surface area contributed by atoms with Gasteiger partial charge in [0.1, 0.15) is 0 Å². The first-order chi connectivity index (χ1) is 16.8. The lowest BCUT2D eigenvalue weighted by molar-refractivity contribution is -0.117. The highest BCUT2D eigenvalue weighted by Gasteiger charge is 2.23. The van der Waals surface area contributed by atoms with Crippen molar-refractivity contribution in [3.8, 4) is 11.5 Å². The molecule has 0 spiro atoms. The van der Waals surface area contributed by atoms with Crippen LogP contribution >= 0.6 is 11.8 Å². The van der Waals surface area contributed by atoms with Crippen LogP contribution in [0.15, 0.2) is 47.6 Å². The van der Waals surface area contributed by atoms with Gasteiger partial charge in [0.25, 0.3) is 0 Å². The smallest absolute Gasteiger partial charge is 0.302 e. The zero-order valence-corrected chi connectivity index (χ0v) is 21.9. The zero-order valence-electron chi connectivity index (χ0n) is 21.0. The van der Waals surface area contributed by atoms with Crippen molar-refractivity contribution in [1.29, 1.82) is 0 Å². The number of likely N-dealkylation sites (N-methyl/N-ethyl adjacent to an activating group) is 1. The Bertz CT molecular complexity index is 1050. The van der Waals surface area contributed by atoms with Crippen LogP contribution in [-0.4, -0.2) is 65.4 Å². The van der Waals surface area contributed by atoms with Gasteiger partial charge in [0, 0.05) is 17.0 Å². The van der Waals surface area contributed by atoms with Crippen LogP contribution in [0.3, 0.4) is 0 Å². The van der Waals surface area contributed by atoms with E-state index in [0.717, 1.165) is 35.6 Å². The highest BCUT2D eigenvalue weighted by molar-refractivity contribution is 8.14. The fraction of sp³-hybridized carbons (Fsp3) is 0.423. The zero-order chi connectivity index (χ0) is 25.4. The second-order valence-electron chi connectivity index (χ2n) is 8.40. The van der Waals surface area contributed by atoms with E-state index >= 15 is 0 Å². The molecule has 1 aliphatic rings. The van der Waals surface area contributed by atoms with Crippen LogP contribution in [0.4, 0.5) is 10.5 Å². The van der Waals surface area contributed by atoms with Crippen molar-refractivity contribution in [2.45, 2.75) is 40.3 Å². The molecule has 1 aliphatic heterocycles. The Balaban J connectivity index is 1.70. The molecule has 9 heteroatoms. The van der Waals surface area contributed by atoms with Gasteiger partial charge in [-0.05, 0) is 62.8 Å². The standard InChI is InChI=1S/C26H34N4O4S/c1-6-29(7-2)16-25(31)27-21-11-8-19(9-12-21)15-30-26(32)35-17-22(28-30)20-10-13-23(33-5)24(14-20)34-18(3)4/h8-14,18H,6-7,15-17H2,1-5H3,(H,27,31). The maximum absolute atomic E-state index is 12.5. The monoisotopic (exact) mass is 498 g/mol. The van der Waals surface area contributed by atoms with E-state index in [1.165, 1.54) is 16.8 Å². The van der Waals surface area contributed by atoms with E-state index in [4.69, 9.17) is 9.47 Å². The summed E-state index contributed by atoms with van der Waals surface area (Å²) in [6.45, 7) is 10.4. The van der Waals surface area contributed by atoms with Gasteiger partial charge in [0.15, 0.2) is 11.5 Å². The second-order valence-corrected chi connectivity index (χ2v) is 9.32. The SMILES string of the molecule is CCN(CC)CC(=O)Nc1ccc(CN2N=C(c3ccc(OC)c(OC(C)C)c3)CSC2=O)cc1. The van der Waals surface area contributed by atoms with Crippen molar-refractivity contribution in [3.05, 3.63) is 53.6 Å². The second kappa shape index (κ2) is 12.6. The molecule has 8 nitrogen and oxygen atoms in total. The van der Waals surface area contributed by atoms with Crippen LogP contribution in [0.5, 0.6) is 11.5 Å². The average Bonchev–Trinajstić information content (AvgIpc) is 2.84. The number of nitrogens with zero attached hydrogens (tertiary/aromatic N) is 3. The van der Waals surface area contributed by atoms with Crippen molar-refractivity contribution >= 4 is 34.3 Å². The van der Waals surface area contributed by atoms with E-state index in [0.29, 0.717) is 30.3 Å². The Morgan fingerprint density at radius 3 is 2.49 bits per heavy atom. The highest BCUT2D eigenvalue weighted by Crippen LogP contribution is 2.31. The van der Waals surface area contributed by atoms with Crippen LogP contribution in [0.1, 0.15) is 38.8 Å². The number of methoxy groups -OCH3 is 1. The van der Waals surface area contributed by atoms with Gasteiger partial charge in [-0.25, -0.2) is 5.01 Å². The van der Waals surface area contributed by atoms with Gasteiger partial charge in [0.05, 0.1) is 32.0 Å². The first-order valence-electron chi connectivity index (χ1n) is 11.8. The molecule has 1 heterocycles. The molecule has 1 N–H and O–H groups in total. The van der Waals surface area contributed by atoms with Crippen LogP contribution < -0.4 is 14.8 Å². The third-order valence-electron chi connectivity index (χ3n) is 5.48. The Morgan fingerprint density at radius 1 is 1.14 bits per heavy atom. The number of amides is 2. The van der Waals surface area contributed by atoms with Gasteiger partial charge in [-0.1, -0.05) is 37.7 Å². The van der Waals surface area contributed by atoms with E-state index in [1.54, 1.807) is 7.11 Å². The van der Waals surface area contributed by atoms with E-state index in [9.17, 15) is 9.59 Å². The normalized spacial score (nSPS) is 13.7. The lowest BCUT2D eigenvalue weighted by Crippen LogP contribution is -2.32. The number of hydrogen-bond acceptors (Lipinski definition) is 7. The number of anilines is 1. The van der Waals surface area contributed by atoms with E-state index < -0.39 is 0 Å². The van der Waals surface area contributed by atoms with E-state index in [1.807, 2.05) is 70.2 Å². The largest absolute Gasteiger partial charge is 0.493 e. The molecule has 2 aromatic rings. The maximum Gasteiger partial charge on any atom is 0.302 e. The molecule has 0 radical (unpaired) electrons. The molecule has 0 atom stereocenters. The molecular weight excluding hydrogens is 464 g/mol. The summed E-state index contributed by atoms with van der Waals surface area (Å²) in [5, 5.41) is 8.93. The summed E-state index contributed by atoms with van der Waals surface area (Å²) in [5.74, 6) is 1.75. The molecule has 0 unspecified atom stereocenters. The average molecular weight is 499 g/mol. The number of benzene rings is 2. The minimum Gasteiger partial charge on any atom is -0.493 e. The molecule has 35 heavy (non-hydrogen) atoms. The summed E-state index contributed by atoms with van der Waals surface area (Å²) in [5.41, 5.74) is 3.33. The lowest BCUT2D eigenvalue weighted by atomic mass is 10.1. The predicted molar refractivity (Wildman–Crippen MR) is 142 cm³/mol. The number of hydrazone groups is 1. The van der Waals surface area contributed by atoms with Crippen LogP contribution in [0.2, 0.25) is 0 Å². The number of carbonyl (C=O) groups is 2. The van der Waals surface area contributed by atoms with Crippen molar-refractivity contribution in [2.75, 3.05) is 37.8 Å². The van der Waals surface area contributed by atoms with Gasteiger partial charge < -0.3 is 14.8 Å². The molecule has 3 rings (SSSR count). The molecule has 0 saturated carbocycles. The number of nitrogens with one attached hydrogen (secondary N) is 1. The molecule has 188 valence electrons. The molecule has 0 aromatic heterocycles. The van der Waals surface area contributed by atoms with E-state index in [-0.39, 0.29) is 17.3 Å². The number of carbonyl (C=O) groups excluding carboxylic acids is 2. The van der Waals surface area contributed by atoms with Gasteiger partial charge in [-0.3, -0.25) is 14.5 Å². The number of ether oxygens (including phenoxy) is 2. The van der Waals surface area contributed by atoms with Crippen LogP contribution in [0.25, 0.3) is 0 Å². The number of hydrogen-bond donors (Lipinski definition) is 1. The van der Waals surface area contributed by atoms with Gasteiger partial charge >= 0.3 is 5.24 Å². The van der Waals surface area contributed by atoms with Crippen molar-refractivity contribution < 1.29 is 19.1 Å². The van der Waals surface area contributed by atoms with Crippen molar-refractivity contribution in [3.63, 3.8) is 0 Å². The first kappa shape index (κ1) is 26.6. The molecule has 0 fully saturated rings. The fourth-order valence-electron chi connectivity index (χ4n) is 3.58. The van der Waals surface area contributed by atoms with Gasteiger partial charge in [-0.15, -0.1) is 0 Å². The fourth-order valence-corrected chi connectivity index (χ4v) is 4.32. The molecule has 0 saturated heterocycles. The topological polar surface area (TPSA) is 83.5 Å². The molecule has 0 bridgehead atoms. The summed E-state index contributed by atoms with van der Waals surface area (Å²) >= 11 is 1.22. The summed E-state index contributed by atoms with van der Waals surface area (Å²) in [4.78, 5) is 26.8. The van der Waals surface area contributed by atoms with Crippen LogP contribution in [0, 0.1) is 0 Å². The third kappa shape index (κ3) is 7.47. The first-order valence-corrected chi connectivity index (χ1v) is 12.8. The quantitative estimate of drug-likeness (QED) is 0.478. The third-order valence-corrected chi connectivity index (χ3v) is 6.35. The van der Waals surface area contributed by atoms with Gasteiger partial charge in [0.2, 0.25) is 5.91 Å². The minimum atomic E-state index is -0.0995. The Morgan fingerprint density at radius 2 is 1.86 bits per heavy atom. The van der Waals surface area contributed by atoms with Crippen molar-refractivity contribution in [2.24, 2.45) is 5.10 Å². The lowest BCUT2D eigenvalue weighted by Gasteiger charge is -2.24. The molecule has 2 aromatic carbocycles. The molecule has 2 amide bonds. The highest BCUT2D eigenvalue weighted by atomic mass is 32.2.